The molecule has 0 radical (unpaired) electrons. The van der Waals surface area contributed by atoms with Gasteiger partial charge in [0.15, 0.2) is 9.92 Å². The number of nitrogens with one attached hydrogen (secondary N) is 1. The van der Waals surface area contributed by atoms with Crippen molar-refractivity contribution in [2.24, 2.45) is 16.0 Å². The lowest BCUT2D eigenvalue weighted by Gasteiger charge is -2.26. The lowest BCUT2D eigenvalue weighted by molar-refractivity contribution is -0.121. The van der Waals surface area contributed by atoms with E-state index in [-0.39, 0.29) is 16.7 Å². The molecule has 1 aliphatic rings. The summed E-state index contributed by atoms with van der Waals surface area (Å²) in [6.07, 6.45) is 0.408. The summed E-state index contributed by atoms with van der Waals surface area (Å²) in [4.78, 5) is 26.7. The predicted molar refractivity (Wildman–Crippen MR) is 106 cm³/mol. The molecule has 1 fully saturated rings. The molecular weight excluding hydrogens is 412 g/mol. The first-order chi connectivity index (χ1) is 12.7. The van der Waals surface area contributed by atoms with Crippen LogP contribution in [0.3, 0.4) is 0 Å². The fraction of sp³-hybridized carbons (Fsp3) is 0.625. The van der Waals surface area contributed by atoms with Crippen molar-refractivity contribution in [3.8, 4) is 0 Å². The maximum Gasteiger partial charge on any atom is 0.272 e. The fourth-order valence-corrected chi connectivity index (χ4v) is 5.56. The molecule has 1 unspecified atom stereocenters. The molecule has 1 saturated heterocycles. The third-order valence-corrected chi connectivity index (χ3v) is 7.44. The Balaban J connectivity index is 2.22. The predicted octanol–water partition coefficient (Wildman–Crippen LogP) is 1.49. The van der Waals surface area contributed by atoms with Crippen LogP contribution in [0.1, 0.15) is 20.3 Å². The minimum Gasteiger partial charge on any atom is -0.379 e. The summed E-state index contributed by atoms with van der Waals surface area (Å²) in [5.41, 5.74) is 5.86. The minimum atomic E-state index is -3.50. The van der Waals surface area contributed by atoms with Crippen molar-refractivity contribution < 1.29 is 18.5 Å². The summed E-state index contributed by atoms with van der Waals surface area (Å²) in [6.45, 7) is 6.18. The minimum absolute atomic E-state index is 0.0429. The van der Waals surface area contributed by atoms with Crippen molar-refractivity contribution in [1.82, 2.24) is 9.62 Å². The topological polar surface area (TPSA) is 114 Å². The standard InChI is InChI=1S/C16H25ClN4O4S2/c1-11(2)7-13(18)16(23)20-27(24,15-8-12(17)10-26-15)19-14(22)9-21-3-5-25-6-4-21/h8,10-11,13H,3-7,9,18H2,1-2H3,(H,19,20,22,23,24)/t13-,27?/m0/s1. The average Bonchev–Trinajstić information content (AvgIpc) is 3.02. The Morgan fingerprint density at radius 2 is 2.11 bits per heavy atom. The molecule has 1 aromatic heterocycles. The summed E-state index contributed by atoms with van der Waals surface area (Å²) >= 11 is 6.99. The maximum absolute atomic E-state index is 13.4. The van der Waals surface area contributed by atoms with Gasteiger partial charge in [0.1, 0.15) is 4.21 Å². The Kier molecular flexibility index (Phi) is 8.20. The molecule has 0 aliphatic carbocycles. The van der Waals surface area contributed by atoms with E-state index < -0.39 is 27.8 Å². The SMILES string of the molecule is CC(C)C[C@H](N)C(=O)N=S(=O)(NC(=O)CN1CCOCC1)c1cc(Cl)cs1. The van der Waals surface area contributed by atoms with Gasteiger partial charge in [-0.3, -0.25) is 19.2 Å². The number of carbonyl (C=O) groups is 2. The van der Waals surface area contributed by atoms with Crippen LogP contribution in [0.5, 0.6) is 0 Å². The van der Waals surface area contributed by atoms with Crippen LogP contribution in [-0.2, 0) is 24.2 Å². The van der Waals surface area contributed by atoms with Gasteiger partial charge in [-0.25, -0.2) is 4.21 Å². The van der Waals surface area contributed by atoms with Crippen molar-refractivity contribution in [1.29, 1.82) is 0 Å². The van der Waals surface area contributed by atoms with E-state index in [9.17, 15) is 13.8 Å². The smallest absolute Gasteiger partial charge is 0.272 e. The van der Waals surface area contributed by atoms with Crippen molar-refractivity contribution in [3.05, 3.63) is 16.5 Å². The zero-order valence-electron chi connectivity index (χ0n) is 15.4. The summed E-state index contributed by atoms with van der Waals surface area (Å²) in [6, 6.07) is 0.561. The van der Waals surface area contributed by atoms with Gasteiger partial charge >= 0.3 is 0 Å². The second-order valence-corrected chi connectivity index (χ2v) is 10.2. The molecule has 8 nitrogen and oxygen atoms in total. The van der Waals surface area contributed by atoms with Gasteiger partial charge in [-0.05, 0) is 18.4 Å². The largest absolute Gasteiger partial charge is 0.379 e. The Morgan fingerprint density at radius 1 is 1.44 bits per heavy atom. The molecular formula is C16H25ClN4O4S2. The average molecular weight is 437 g/mol. The van der Waals surface area contributed by atoms with E-state index in [2.05, 4.69) is 9.08 Å². The van der Waals surface area contributed by atoms with Gasteiger partial charge in [0.05, 0.1) is 30.8 Å². The molecule has 11 heteroatoms. The van der Waals surface area contributed by atoms with Crippen molar-refractivity contribution >= 4 is 44.7 Å². The molecule has 1 aromatic rings. The first kappa shape index (κ1) is 22.3. The number of morpholine rings is 1. The number of thiophene rings is 1. The first-order valence-corrected chi connectivity index (χ1v) is 11.4. The number of rotatable bonds is 7. The van der Waals surface area contributed by atoms with Gasteiger partial charge in [0.2, 0.25) is 5.91 Å². The zero-order chi connectivity index (χ0) is 20.0. The zero-order valence-corrected chi connectivity index (χ0v) is 17.7. The number of nitrogens with two attached hydrogens (primary N) is 1. The molecule has 2 atom stereocenters. The van der Waals surface area contributed by atoms with E-state index in [1.165, 1.54) is 6.07 Å². The Bertz CT molecular complexity index is 783. The Hall–Kier alpha value is -1.04. The molecule has 0 bridgehead atoms. The molecule has 1 aliphatic heterocycles. The molecule has 2 amide bonds. The van der Waals surface area contributed by atoms with Crippen LogP contribution in [0.15, 0.2) is 20.0 Å². The molecule has 0 aromatic carbocycles. The molecule has 0 saturated carbocycles. The Labute approximate surface area is 168 Å². The van der Waals surface area contributed by atoms with E-state index in [0.717, 1.165) is 11.3 Å². The van der Waals surface area contributed by atoms with E-state index in [1.54, 1.807) is 5.38 Å². The number of halogens is 1. The van der Waals surface area contributed by atoms with Gasteiger partial charge in [0, 0.05) is 18.5 Å². The lowest BCUT2D eigenvalue weighted by atomic mass is 10.0. The second kappa shape index (κ2) is 9.94. The normalized spacial score (nSPS) is 18.7. The fourth-order valence-electron chi connectivity index (χ4n) is 2.51. The van der Waals surface area contributed by atoms with Crippen molar-refractivity contribution in [3.63, 3.8) is 0 Å². The number of hydrogen-bond acceptors (Lipinski definition) is 7. The second-order valence-electron chi connectivity index (χ2n) is 6.69. The highest BCUT2D eigenvalue weighted by Gasteiger charge is 2.24. The summed E-state index contributed by atoms with van der Waals surface area (Å²) < 4.78 is 25.1. The highest BCUT2D eigenvalue weighted by molar-refractivity contribution is 7.94. The monoisotopic (exact) mass is 436 g/mol. The summed E-state index contributed by atoms with van der Waals surface area (Å²) in [5, 5.41) is 1.93. The molecule has 152 valence electrons. The Morgan fingerprint density at radius 3 is 2.67 bits per heavy atom. The number of hydrogen-bond donors (Lipinski definition) is 2. The molecule has 2 heterocycles. The highest BCUT2D eigenvalue weighted by Crippen LogP contribution is 2.25. The highest BCUT2D eigenvalue weighted by atomic mass is 35.5. The van der Waals surface area contributed by atoms with Crippen molar-refractivity contribution in [2.75, 3.05) is 32.8 Å². The summed E-state index contributed by atoms with van der Waals surface area (Å²) in [5.74, 6) is -1.01. The van der Waals surface area contributed by atoms with Gasteiger partial charge in [0.25, 0.3) is 5.91 Å². The number of nitrogens with zero attached hydrogens (tertiary/aromatic N) is 2. The van der Waals surface area contributed by atoms with E-state index in [0.29, 0.717) is 37.7 Å². The van der Waals surface area contributed by atoms with Crippen LogP contribution in [0.25, 0.3) is 0 Å². The van der Waals surface area contributed by atoms with E-state index in [4.69, 9.17) is 22.1 Å². The van der Waals surface area contributed by atoms with Crippen LogP contribution < -0.4 is 10.5 Å². The molecule has 27 heavy (non-hydrogen) atoms. The third-order valence-electron chi connectivity index (χ3n) is 3.80. The van der Waals surface area contributed by atoms with Crippen LogP contribution in [-0.4, -0.2) is 59.8 Å². The van der Waals surface area contributed by atoms with Gasteiger partial charge < -0.3 is 10.5 Å². The molecule has 2 rings (SSSR count). The number of carbonyl (C=O) groups excluding carboxylic acids is 2. The summed E-state index contributed by atoms with van der Waals surface area (Å²) in [7, 11) is -3.50. The van der Waals surface area contributed by atoms with Crippen LogP contribution in [0.2, 0.25) is 5.02 Å². The quantitative estimate of drug-likeness (QED) is 0.669. The van der Waals surface area contributed by atoms with Crippen LogP contribution >= 0.6 is 22.9 Å². The lowest BCUT2D eigenvalue weighted by Crippen LogP contribution is -2.44. The maximum atomic E-state index is 13.4. The van der Waals surface area contributed by atoms with Gasteiger partial charge in [-0.15, -0.1) is 15.7 Å². The van der Waals surface area contributed by atoms with Crippen LogP contribution in [0, 0.1) is 5.92 Å². The first-order valence-electron chi connectivity index (χ1n) is 8.61. The number of ether oxygens (including phenoxy) is 1. The van der Waals surface area contributed by atoms with Crippen LogP contribution in [0.4, 0.5) is 0 Å². The van der Waals surface area contributed by atoms with Gasteiger partial charge in [-0.2, -0.15) is 0 Å². The van der Waals surface area contributed by atoms with Gasteiger partial charge in [-0.1, -0.05) is 25.4 Å². The third kappa shape index (κ3) is 6.81. The number of amides is 2. The van der Waals surface area contributed by atoms with E-state index in [1.807, 2.05) is 18.7 Å². The molecule has 0 spiro atoms. The van der Waals surface area contributed by atoms with Crippen molar-refractivity contribution in [2.45, 2.75) is 30.5 Å². The molecule has 3 N–H and O–H groups in total. The van der Waals surface area contributed by atoms with E-state index >= 15 is 0 Å².